The second-order valence-electron chi connectivity index (χ2n) is 8.86. The number of amides is 2. The first-order valence-corrected chi connectivity index (χ1v) is 11.2. The van der Waals surface area contributed by atoms with Gasteiger partial charge in [-0.05, 0) is 86.9 Å². The zero-order valence-corrected chi connectivity index (χ0v) is 17.8. The van der Waals surface area contributed by atoms with E-state index < -0.39 is 0 Å². The summed E-state index contributed by atoms with van der Waals surface area (Å²) in [5.41, 5.74) is 3.13. The summed E-state index contributed by atoms with van der Waals surface area (Å²) >= 11 is 0. The van der Waals surface area contributed by atoms with Crippen LogP contribution in [-0.2, 0) is 12.8 Å². The highest BCUT2D eigenvalue weighted by molar-refractivity contribution is 5.89. The van der Waals surface area contributed by atoms with Gasteiger partial charge in [0.25, 0.3) is 0 Å². The lowest BCUT2D eigenvalue weighted by atomic mass is 9.76. The molecule has 2 N–H and O–H groups in total. The maximum Gasteiger partial charge on any atom is 0.319 e. The second-order valence-corrected chi connectivity index (χ2v) is 8.86. The molecule has 1 aliphatic heterocycles. The molecule has 4 nitrogen and oxygen atoms in total. The fraction of sp³-hybridized carbons (Fsp3) is 0.480. The number of rotatable bonds is 7. The van der Waals surface area contributed by atoms with E-state index in [9.17, 15) is 9.18 Å². The zero-order valence-electron chi connectivity index (χ0n) is 17.8. The molecule has 160 valence electrons. The maximum absolute atomic E-state index is 13.2. The molecule has 1 saturated carbocycles. The van der Waals surface area contributed by atoms with Crippen molar-refractivity contribution in [1.82, 2.24) is 10.2 Å². The van der Waals surface area contributed by atoms with E-state index in [0.29, 0.717) is 6.04 Å². The number of urea groups is 1. The summed E-state index contributed by atoms with van der Waals surface area (Å²) in [5.74, 6) is -0.185. The van der Waals surface area contributed by atoms with E-state index in [0.717, 1.165) is 57.3 Å². The second kappa shape index (κ2) is 9.17. The number of carbonyl (C=O) groups is 1. The van der Waals surface area contributed by atoms with E-state index in [1.165, 1.54) is 17.5 Å². The highest BCUT2D eigenvalue weighted by Gasteiger charge is 2.42. The molecule has 0 aromatic heterocycles. The molecule has 5 heteroatoms. The molecule has 0 radical (unpaired) electrons. The molecule has 30 heavy (non-hydrogen) atoms. The minimum atomic E-state index is -0.185. The van der Waals surface area contributed by atoms with Crippen LogP contribution in [0.15, 0.2) is 48.5 Å². The van der Waals surface area contributed by atoms with Gasteiger partial charge in [-0.1, -0.05) is 31.2 Å². The zero-order chi connectivity index (χ0) is 21.0. The van der Waals surface area contributed by atoms with Crippen LogP contribution in [0.5, 0.6) is 0 Å². The molecule has 1 saturated heterocycles. The summed E-state index contributed by atoms with van der Waals surface area (Å²) in [4.78, 5) is 15.2. The van der Waals surface area contributed by atoms with Crippen LogP contribution in [0, 0.1) is 5.82 Å². The van der Waals surface area contributed by atoms with Crippen molar-refractivity contribution >= 4 is 11.7 Å². The Hall–Kier alpha value is -2.40. The number of anilines is 1. The van der Waals surface area contributed by atoms with Gasteiger partial charge in [0.05, 0.1) is 5.54 Å². The Morgan fingerprint density at radius 2 is 1.77 bits per heavy atom. The number of hydrogen-bond acceptors (Lipinski definition) is 2. The smallest absolute Gasteiger partial charge is 0.319 e. The highest BCUT2D eigenvalue weighted by Crippen LogP contribution is 2.35. The van der Waals surface area contributed by atoms with Crippen LogP contribution >= 0.6 is 0 Å². The fourth-order valence-corrected chi connectivity index (χ4v) is 4.77. The third-order valence-electron chi connectivity index (χ3n) is 6.70. The number of likely N-dealkylation sites (tertiary alicyclic amines) is 1. The predicted octanol–water partition coefficient (Wildman–Crippen LogP) is 5.14. The Labute approximate surface area is 178 Å². The van der Waals surface area contributed by atoms with Crippen molar-refractivity contribution < 1.29 is 9.18 Å². The SMILES string of the molecule is CCc1ccc(NC(=O)NC2(CN3CCCC3Cc3ccc(F)cc3)CCC2)cc1. The fourth-order valence-electron chi connectivity index (χ4n) is 4.77. The highest BCUT2D eigenvalue weighted by atomic mass is 19.1. The number of nitrogens with zero attached hydrogens (tertiary/aromatic N) is 1. The predicted molar refractivity (Wildman–Crippen MR) is 119 cm³/mol. The summed E-state index contributed by atoms with van der Waals surface area (Å²) in [7, 11) is 0. The van der Waals surface area contributed by atoms with Crippen molar-refractivity contribution in [2.24, 2.45) is 0 Å². The normalized spacial score (nSPS) is 20.5. The maximum atomic E-state index is 13.2. The summed E-state index contributed by atoms with van der Waals surface area (Å²) in [6.45, 7) is 4.08. The Bertz CT molecular complexity index is 846. The lowest BCUT2D eigenvalue weighted by Crippen LogP contribution is -2.61. The number of nitrogens with one attached hydrogen (secondary N) is 2. The Balaban J connectivity index is 1.35. The molecule has 2 fully saturated rings. The molecule has 1 unspecified atom stereocenters. The molecule has 1 atom stereocenters. The standard InChI is InChI=1S/C25H32FN3O/c1-2-19-8-12-22(13-9-19)27-24(30)28-25(14-4-15-25)18-29-16-3-5-23(29)17-20-6-10-21(26)11-7-20/h6-13,23H,2-5,14-18H2,1H3,(H2,27,28,30). The Kier molecular flexibility index (Phi) is 6.38. The van der Waals surface area contributed by atoms with Crippen LogP contribution in [0.1, 0.15) is 50.2 Å². The van der Waals surface area contributed by atoms with Crippen LogP contribution in [0.3, 0.4) is 0 Å². The monoisotopic (exact) mass is 409 g/mol. The molecule has 2 aromatic rings. The first-order valence-electron chi connectivity index (χ1n) is 11.2. The van der Waals surface area contributed by atoms with Crippen molar-refractivity contribution in [2.75, 3.05) is 18.4 Å². The van der Waals surface area contributed by atoms with Gasteiger partial charge in [0.1, 0.15) is 5.82 Å². The van der Waals surface area contributed by atoms with Crippen LogP contribution in [0.4, 0.5) is 14.9 Å². The third kappa shape index (κ3) is 5.01. The first-order chi connectivity index (χ1) is 14.5. The van der Waals surface area contributed by atoms with Crippen molar-refractivity contribution in [3.05, 3.63) is 65.5 Å². The molecule has 2 aliphatic rings. The molecule has 0 spiro atoms. The van der Waals surface area contributed by atoms with Crippen LogP contribution in [0.25, 0.3) is 0 Å². The molecular formula is C25H32FN3O. The van der Waals surface area contributed by atoms with Gasteiger partial charge in [-0.2, -0.15) is 0 Å². The van der Waals surface area contributed by atoms with Gasteiger partial charge in [0.2, 0.25) is 0 Å². The minimum Gasteiger partial charge on any atom is -0.331 e. The molecule has 1 aliphatic carbocycles. The molecule has 4 rings (SSSR count). The Morgan fingerprint density at radius 3 is 2.40 bits per heavy atom. The van der Waals surface area contributed by atoms with Crippen molar-refractivity contribution in [1.29, 1.82) is 0 Å². The summed E-state index contributed by atoms with van der Waals surface area (Å²) in [6.07, 6.45) is 7.46. The van der Waals surface area contributed by atoms with Gasteiger partial charge >= 0.3 is 6.03 Å². The number of aryl methyl sites for hydroxylation is 1. The molecule has 1 heterocycles. The van der Waals surface area contributed by atoms with Crippen LogP contribution in [0.2, 0.25) is 0 Å². The topological polar surface area (TPSA) is 44.4 Å². The van der Waals surface area contributed by atoms with Gasteiger partial charge in [0, 0.05) is 18.3 Å². The van der Waals surface area contributed by atoms with E-state index in [1.54, 1.807) is 12.1 Å². The average Bonchev–Trinajstić information content (AvgIpc) is 3.15. The Morgan fingerprint density at radius 1 is 1.07 bits per heavy atom. The van der Waals surface area contributed by atoms with Crippen molar-refractivity contribution in [2.45, 2.75) is 63.5 Å². The molecule has 2 amide bonds. The molecule has 0 bridgehead atoms. The van der Waals surface area contributed by atoms with E-state index in [1.807, 2.05) is 24.3 Å². The lowest BCUT2D eigenvalue weighted by molar-refractivity contribution is 0.109. The summed E-state index contributed by atoms with van der Waals surface area (Å²) in [5, 5.41) is 6.28. The van der Waals surface area contributed by atoms with E-state index in [-0.39, 0.29) is 17.4 Å². The largest absolute Gasteiger partial charge is 0.331 e. The molecule has 2 aromatic carbocycles. The van der Waals surface area contributed by atoms with Crippen LogP contribution in [-0.4, -0.2) is 35.6 Å². The van der Waals surface area contributed by atoms with E-state index in [4.69, 9.17) is 0 Å². The summed E-state index contributed by atoms with van der Waals surface area (Å²) in [6, 6.07) is 15.2. The van der Waals surface area contributed by atoms with Gasteiger partial charge in [0.15, 0.2) is 0 Å². The third-order valence-corrected chi connectivity index (χ3v) is 6.70. The summed E-state index contributed by atoms with van der Waals surface area (Å²) < 4.78 is 13.2. The van der Waals surface area contributed by atoms with Gasteiger partial charge in [-0.3, -0.25) is 4.90 Å². The van der Waals surface area contributed by atoms with Gasteiger partial charge in [-0.25, -0.2) is 9.18 Å². The number of benzene rings is 2. The lowest BCUT2D eigenvalue weighted by Gasteiger charge is -2.46. The minimum absolute atomic E-state index is 0.117. The number of hydrogen-bond donors (Lipinski definition) is 2. The number of halogens is 1. The van der Waals surface area contributed by atoms with Gasteiger partial charge < -0.3 is 10.6 Å². The van der Waals surface area contributed by atoms with E-state index in [2.05, 4.69) is 34.6 Å². The quantitative estimate of drug-likeness (QED) is 0.665. The molecular weight excluding hydrogens is 377 g/mol. The first kappa shape index (κ1) is 20.9. The van der Waals surface area contributed by atoms with Gasteiger partial charge in [-0.15, -0.1) is 0 Å². The number of carbonyl (C=O) groups excluding carboxylic acids is 1. The van der Waals surface area contributed by atoms with Crippen molar-refractivity contribution in [3.8, 4) is 0 Å². The van der Waals surface area contributed by atoms with Crippen LogP contribution < -0.4 is 10.6 Å². The van der Waals surface area contributed by atoms with E-state index >= 15 is 0 Å². The van der Waals surface area contributed by atoms with Crippen molar-refractivity contribution in [3.63, 3.8) is 0 Å². The average molecular weight is 410 g/mol.